The molecular formula is C19H24N4O2. The summed E-state index contributed by atoms with van der Waals surface area (Å²) in [5.41, 5.74) is 2.16. The van der Waals surface area contributed by atoms with E-state index in [2.05, 4.69) is 10.3 Å². The number of carbonyl (C=O) groups excluding carboxylic acids is 2. The molecule has 0 unspecified atom stereocenters. The van der Waals surface area contributed by atoms with Gasteiger partial charge in [0.15, 0.2) is 0 Å². The van der Waals surface area contributed by atoms with Crippen molar-refractivity contribution in [3.8, 4) is 0 Å². The Morgan fingerprint density at radius 2 is 2.08 bits per heavy atom. The number of aryl methyl sites for hydroxylation is 2. The lowest BCUT2D eigenvalue weighted by atomic mass is 10.1. The van der Waals surface area contributed by atoms with Crippen LogP contribution in [0.4, 0.5) is 0 Å². The molecule has 3 rings (SSSR count). The number of benzene rings is 1. The fourth-order valence-electron chi connectivity index (χ4n) is 3.11. The minimum atomic E-state index is 0.0140. The monoisotopic (exact) mass is 340 g/mol. The standard InChI is InChI=1S/C19H24N4O2/c1-15-20-9-12-22(15)11-8-18(24)21-13-16-5-2-3-6-17(16)14-23-10-4-7-19(23)25/h2-3,5-6,9,12H,4,7-8,10-11,13-14H2,1H3,(H,21,24). The van der Waals surface area contributed by atoms with Crippen molar-refractivity contribution in [1.29, 1.82) is 0 Å². The SMILES string of the molecule is Cc1nccn1CCC(=O)NCc1ccccc1CN1CCCC1=O. The Bertz CT molecular complexity index is 753. The summed E-state index contributed by atoms with van der Waals surface area (Å²) in [4.78, 5) is 30.0. The van der Waals surface area contributed by atoms with Crippen LogP contribution in [0.1, 0.15) is 36.2 Å². The van der Waals surface area contributed by atoms with Crippen LogP contribution in [0.3, 0.4) is 0 Å². The number of aromatic nitrogens is 2. The zero-order valence-electron chi connectivity index (χ0n) is 14.6. The summed E-state index contributed by atoms with van der Waals surface area (Å²) in [7, 11) is 0. The van der Waals surface area contributed by atoms with Gasteiger partial charge in [0.2, 0.25) is 11.8 Å². The minimum Gasteiger partial charge on any atom is -0.352 e. The third-order valence-electron chi connectivity index (χ3n) is 4.63. The molecule has 25 heavy (non-hydrogen) atoms. The lowest BCUT2D eigenvalue weighted by molar-refractivity contribution is -0.128. The van der Waals surface area contributed by atoms with Gasteiger partial charge in [-0.3, -0.25) is 9.59 Å². The van der Waals surface area contributed by atoms with Crippen molar-refractivity contribution in [3.63, 3.8) is 0 Å². The number of hydrogen-bond donors (Lipinski definition) is 1. The first-order chi connectivity index (χ1) is 12.1. The molecule has 1 aliphatic rings. The molecule has 1 aliphatic heterocycles. The predicted octanol–water partition coefficient (Wildman–Crippen LogP) is 2.02. The Labute approximate surface area is 147 Å². The van der Waals surface area contributed by atoms with Crippen LogP contribution in [0.25, 0.3) is 0 Å². The zero-order chi connectivity index (χ0) is 17.6. The lowest BCUT2D eigenvalue weighted by Crippen LogP contribution is -2.27. The van der Waals surface area contributed by atoms with Gasteiger partial charge in [0.1, 0.15) is 5.82 Å². The fourth-order valence-corrected chi connectivity index (χ4v) is 3.11. The average molecular weight is 340 g/mol. The van der Waals surface area contributed by atoms with Gasteiger partial charge >= 0.3 is 0 Å². The van der Waals surface area contributed by atoms with Crippen LogP contribution in [-0.2, 0) is 29.2 Å². The smallest absolute Gasteiger partial charge is 0.222 e. The second kappa shape index (κ2) is 7.96. The third-order valence-corrected chi connectivity index (χ3v) is 4.63. The van der Waals surface area contributed by atoms with Crippen LogP contribution in [0.2, 0.25) is 0 Å². The van der Waals surface area contributed by atoms with Crippen molar-refractivity contribution >= 4 is 11.8 Å². The van der Waals surface area contributed by atoms with Gasteiger partial charge in [-0.25, -0.2) is 4.98 Å². The van der Waals surface area contributed by atoms with Gasteiger partial charge in [0.25, 0.3) is 0 Å². The topological polar surface area (TPSA) is 67.2 Å². The zero-order valence-corrected chi connectivity index (χ0v) is 14.6. The highest BCUT2D eigenvalue weighted by Crippen LogP contribution is 2.17. The summed E-state index contributed by atoms with van der Waals surface area (Å²) in [6.45, 7) is 4.48. The van der Waals surface area contributed by atoms with Crippen molar-refractivity contribution in [2.24, 2.45) is 0 Å². The van der Waals surface area contributed by atoms with E-state index in [1.165, 1.54) is 0 Å². The molecule has 1 saturated heterocycles. The van der Waals surface area contributed by atoms with Crippen LogP contribution < -0.4 is 5.32 Å². The first-order valence-electron chi connectivity index (χ1n) is 8.72. The molecule has 1 aromatic carbocycles. The third kappa shape index (κ3) is 4.47. The van der Waals surface area contributed by atoms with Crippen molar-refractivity contribution in [2.45, 2.75) is 45.8 Å². The van der Waals surface area contributed by atoms with Crippen molar-refractivity contribution in [2.75, 3.05) is 6.54 Å². The normalized spacial score (nSPS) is 14.1. The Hall–Kier alpha value is -2.63. The highest BCUT2D eigenvalue weighted by atomic mass is 16.2. The Kier molecular flexibility index (Phi) is 5.48. The summed E-state index contributed by atoms with van der Waals surface area (Å²) in [5, 5.41) is 2.98. The highest BCUT2D eigenvalue weighted by Gasteiger charge is 2.20. The van der Waals surface area contributed by atoms with Crippen molar-refractivity contribution in [1.82, 2.24) is 19.8 Å². The van der Waals surface area contributed by atoms with Gasteiger partial charge < -0.3 is 14.8 Å². The van der Waals surface area contributed by atoms with E-state index in [1.807, 2.05) is 46.9 Å². The van der Waals surface area contributed by atoms with Crippen LogP contribution in [-0.4, -0.2) is 32.8 Å². The van der Waals surface area contributed by atoms with E-state index in [9.17, 15) is 9.59 Å². The van der Waals surface area contributed by atoms with Crippen LogP contribution in [0.15, 0.2) is 36.7 Å². The summed E-state index contributed by atoms with van der Waals surface area (Å²) < 4.78 is 1.96. The molecule has 1 aromatic heterocycles. The second-order valence-electron chi connectivity index (χ2n) is 6.38. The quantitative estimate of drug-likeness (QED) is 0.838. The van der Waals surface area contributed by atoms with Gasteiger partial charge in [-0.1, -0.05) is 24.3 Å². The molecule has 6 heteroatoms. The Balaban J connectivity index is 1.53. The number of amides is 2. The van der Waals surface area contributed by atoms with Gasteiger partial charge in [0.05, 0.1) is 0 Å². The van der Waals surface area contributed by atoms with Crippen LogP contribution >= 0.6 is 0 Å². The molecule has 0 spiro atoms. The van der Waals surface area contributed by atoms with Gasteiger partial charge in [0, 0.05) is 51.4 Å². The van der Waals surface area contributed by atoms with E-state index in [-0.39, 0.29) is 11.8 Å². The molecule has 2 heterocycles. The van der Waals surface area contributed by atoms with E-state index in [1.54, 1.807) is 6.20 Å². The maximum absolute atomic E-state index is 12.1. The summed E-state index contributed by atoms with van der Waals surface area (Å²) in [6.07, 6.45) is 5.62. The van der Waals surface area contributed by atoms with E-state index in [4.69, 9.17) is 0 Å². The van der Waals surface area contributed by atoms with Crippen molar-refractivity contribution < 1.29 is 9.59 Å². The highest BCUT2D eigenvalue weighted by molar-refractivity contribution is 5.78. The maximum atomic E-state index is 12.1. The molecule has 1 N–H and O–H groups in total. The number of nitrogens with one attached hydrogen (secondary N) is 1. The van der Waals surface area contributed by atoms with E-state index < -0.39 is 0 Å². The Morgan fingerprint density at radius 1 is 1.28 bits per heavy atom. The molecule has 0 bridgehead atoms. The van der Waals surface area contributed by atoms with Crippen LogP contribution in [0.5, 0.6) is 0 Å². The lowest BCUT2D eigenvalue weighted by Gasteiger charge is -2.18. The largest absolute Gasteiger partial charge is 0.352 e. The predicted molar refractivity (Wildman–Crippen MR) is 94.5 cm³/mol. The average Bonchev–Trinajstić information content (AvgIpc) is 3.20. The molecule has 0 saturated carbocycles. The number of carbonyl (C=O) groups is 2. The minimum absolute atomic E-state index is 0.0140. The van der Waals surface area contributed by atoms with Gasteiger partial charge in [-0.05, 0) is 24.5 Å². The number of hydrogen-bond acceptors (Lipinski definition) is 3. The van der Waals surface area contributed by atoms with Gasteiger partial charge in [-0.15, -0.1) is 0 Å². The molecular weight excluding hydrogens is 316 g/mol. The molecule has 6 nitrogen and oxygen atoms in total. The van der Waals surface area contributed by atoms with E-state index in [0.717, 1.165) is 29.9 Å². The van der Waals surface area contributed by atoms with E-state index in [0.29, 0.717) is 32.5 Å². The number of imidazole rings is 1. The number of likely N-dealkylation sites (tertiary alicyclic amines) is 1. The molecule has 1 fully saturated rings. The molecule has 0 radical (unpaired) electrons. The first kappa shape index (κ1) is 17.2. The molecule has 132 valence electrons. The summed E-state index contributed by atoms with van der Waals surface area (Å²) >= 11 is 0. The molecule has 2 aromatic rings. The van der Waals surface area contributed by atoms with Gasteiger partial charge in [-0.2, -0.15) is 0 Å². The summed E-state index contributed by atoms with van der Waals surface area (Å²) in [6, 6.07) is 7.98. The van der Waals surface area contributed by atoms with Crippen molar-refractivity contribution in [3.05, 3.63) is 53.6 Å². The van der Waals surface area contributed by atoms with E-state index >= 15 is 0 Å². The number of nitrogens with zero attached hydrogens (tertiary/aromatic N) is 3. The first-order valence-corrected chi connectivity index (χ1v) is 8.72. The molecule has 2 amide bonds. The second-order valence-corrected chi connectivity index (χ2v) is 6.38. The molecule has 0 aliphatic carbocycles. The Morgan fingerprint density at radius 3 is 2.76 bits per heavy atom. The van der Waals surface area contributed by atoms with Crippen LogP contribution in [0, 0.1) is 6.92 Å². The maximum Gasteiger partial charge on any atom is 0.222 e. The summed E-state index contributed by atoms with van der Waals surface area (Å²) in [5.74, 6) is 1.14. The molecule has 0 atom stereocenters. The fraction of sp³-hybridized carbons (Fsp3) is 0.421. The number of rotatable bonds is 7.